The molecule has 138 valence electrons. The number of carbonyl (C=O) groups excluding carboxylic acids is 2. The van der Waals surface area contributed by atoms with Crippen LogP contribution in [-0.2, 0) is 14.4 Å². The number of hydrogen-bond donors (Lipinski definition) is 3. The van der Waals surface area contributed by atoms with Crippen molar-refractivity contribution in [2.75, 3.05) is 6.54 Å². The minimum Gasteiger partial charge on any atom is -0.480 e. The lowest BCUT2D eigenvalue weighted by Gasteiger charge is -2.29. The molecule has 0 spiro atoms. The van der Waals surface area contributed by atoms with Crippen LogP contribution in [0.2, 0.25) is 0 Å². The highest BCUT2D eigenvalue weighted by molar-refractivity contribution is 5.92. The van der Waals surface area contributed by atoms with Gasteiger partial charge in [-0.05, 0) is 37.5 Å². The van der Waals surface area contributed by atoms with Crippen molar-refractivity contribution in [2.45, 2.75) is 71.5 Å². The number of nitrogens with two attached hydrogens (primary N) is 1. The molecule has 0 bridgehead atoms. The third kappa shape index (κ3) is 5.78. The van der Waals surface area contributed by atoms with E-state index in [9.17, 15) is 19.5 Å². The van der Waals surface area contributed by atoms with Crippen molar-refractivity contribution < 1.29 is 19.5 Å². The molecule has 0 unspecified atom stereocenters. The summed E-state index contributed by atoms with van der Waals surface area (Å²) in [4.78, 5) is 37.8. The summed E-state index contributed by atoms with van der Waals surface area (Å²) in [5.74, 6) is -1.20. The monoisotopic (exact) mass is 341 g/mol. The van der Waals surface area contributed by atoms with Gasteiger partial charge in [0.05, 0.1) is 6.04 Å². The number of nitrogens with zero attached hydrogens (tertiary/aromatic N) is 1. The number of rotatable bonds is 8. The highest BCUT2D eigenvalue weighted by Crippen LogP contribution is 2.20. The van der Waals surface area contributed by atoms with E-state index in [0.29, 0.717) is 32.2 Å². The Labute approximate surface area is 144 Å². The topological polar surface area (TPSA) is 113 Å². The third-order valence-electron chi connectivity index (χ3n) is 4.20. The minimum atomic E-state index is -0.994. The van der Waals surface area contributed by atoms with Crippen molar-refractivity contribution in [1.29, 1.82) is 0 Å². The number of carbonyl (C=O) groups is 3. The average Bonchev–Trinajstić information content (AvgIpc) is 2.93. The number of carboxylic acid groups (broad SMARTS) is 1. The molecule has 7 heteroatoms. The number of hydrogen-bond acceptors (Lipinski definition) is 4. The maximum atomic E-state index is 12.8. The zero-order chi connectivity index (χ0) is 18.4. The number of likely N-dealkylation sites (tertiary alicyclic amines) is 1. The number of carboxylic acids is 1. The molecule has 0 aromatic rings. The van der Waals surface area contributed by atoms with Gasteiger partial charge in [0.1, 0.15) is 12.1 Å². The van der Waals surface area contributed by atoms with E-state index in [4.69, 9.17) is 5.73 Å². The Hall–Kier alpha value is -1.63. The molecule has 2 amide bonds. The second kappa shape index (κ2) is 9.01. The van der Waals surface area contributed by atoms with Crippen LogP contribution in [0.3, 0.4) is 0 Å². The Morgan fingerprint density at radius 1 is 1.17 bits per heavy atom. The maximum absolute atomic E-state index is 12.8. The van der Waals surface area contributed by atoms with Crippen molar-refractivity contribution in [3.63, 3.8) is 0 Å². The predicted molar refractivity (Wildman–Crippen MR) is 91.2 cm³/mol. The fourth-order valence-corrected chi connectivity index (χ4v) is 3.07. The summed E-state index contributed by atoms with van der Waals surface area (Å²) in [6, 6.07) is -2.19. The maximum Gasteiger partial charge on any atom is 0.326 e. The molecular formula is C17H31N3O4. The normalized spacial score (nSPS) is 20.3. The first-order valence-electron chi connectivity index (χ1n) is 8.72. The molecule has 1 aliphatic rings. The molecule has 1 aliphatic heterocycles. The van der Waals surface area contributed by atoms with E-state index in [1.165, 1.54) is 4.90 Å². The van der Waals surface area contributed by atoms with Crippen molar-refractivity contribution in [3.8, 4) is 0 Å². The summed E-state index contributed by atoms with van der Waals surface area (Å²) in [6.45, 7) is 8.29. The van der Waals surface area contributed by atoms with Crippen LogP contribution in [0.1, 0.15) is 53.4 Å². The van der Waals surface area contributed by atoms with Gasteiger partial charge in [-0.1, -0.05) is 27.7 Å². The minimum absolute atomic E-state index is 0.187. The molecule has 3 atom stereocenters. The van der Waals surface area contributed by atoms with Crippen LogP contribution in [0.25, 0.3) is 0 Å². The smallest absolute Gasteiger partial charge is 0.326 e. The molecule has 1 rings (SSSR count). The van der Waals surface area contributed by atoms with E-state index in [-0.39, 0.29) is 23.7 Å². The first-order valence-corrected chi connectivity index (χ1v) is 8.72. The van der Waals surface area contributed by atoms with E-state index in [1.54, 1.807) is 0 Å². The van der Waals surface area contributed by atoms with E-state index >= 15 is 0 Å². The average molecular weight is 341 g/mol. The number of aliphatic carboxylic acids is 1. The molecule has 0 aromatic carbocycles. The zero-order valence-corrected chi connectivity index (χ0v) is 15.1. The summed E-state index contributed by atoms with van der Waals surface area (Å²) in [7, 11) is 0. The van der Waals surface area contributed by atoms with Crippen LogP contribution < -0.4 is 11.1 Å². The number of nitrogens with one attached hydrogen (secondary N) is 1. The van der Waals surface area contributed by atoms with Crippen molar-refractivity contribution in [2.24, 2.45) is 17.6 Å². The van der Waals surface area contributed by atoms with Crippen LogP contribution in [-0.4, -0.2) is 52.5 Å². The molecular weight excluding hydrogens is 310 g/mol. The summed E-state index contributed by atoms with van der Waals surface area (Å²) < 4.78 is 0. The van der Waals surface area contributed by atoms with E-state index < -0.39 is 24.1 Å². The highest BCUT2D eigenvalue weighted by Gasteiger charge is 2.38. The zero-order valence-electron chi connectivity index (χ0n) is 15.1. The Morgan fingerprint density at radius 2 is 1.75 bits per heavy atom. The van der Waals surface area contributed by atoms with Crippen molar-refractivity contribution in [1.82, 2.24) is 10.2 Å². The molecule has 0 aromatic heterocycles. The van der Waals surface area contributed by atoms with Gasteiger partial charge in [-0.2, -0.15) is 0 Å². The van der Waals surface area contributed by atoms with Gasteiger partial charge in [0.2, 0.25) is 11.8 Å². The quantitative estimate of drug-likeness (QED) is 0.609. The fourth-order valence-electron chi connectivity index (χ4n) is 3.07. The van der Waals surface area contributed by atoms with Crippen LogP contribution in [0, 0.1) is 11.8 Å². The lowest BCUT2D eigenvalue weighted by Crippen LogP contribution is -2.55. The Balaban J connectivity index is 2.82. The largest absolute Gasteiger partial charge is 0.480 e. The van der Waals surface area contributed by atoms with Gasteiger partial charge in [-0.3, -0.25) is 9.59 Å². The van der Waals surface area contributed by atoms with Crippen molar-refractivity contribution >= 4 is 17.8 Å². The molecule has 24 heavy (non-hydrogen) atoms. The highest BCUT2D eigenvalue weighted by atomic mass is 16.4. The Morgan fingerprint density at radius 3 is 2.25 bits per heavy atom. The van der Waals surface area contributed by atoms with Gasteiger partial charge >= 0.3 is 5.97 Å². The van der Waals surface area contributed by atoms with E-state index in [1.807, 2.05) is 27.7 Å². The molecule has 0 aliphatic carbocycles. The molecule has 4 N–H and O–H groups in total. The second-order valence-electron chi connectivity index (χ2n) is 7.45. The SMILES string of the molecule is CC(C)C[C@H](NC(=O)[C@@H](N)CC(C)C)C(=O)N1CCC[C@H]1C(=O)O. The third-order valence-corrected chi connectivity index (χ3v) is 4.20. The van der Waals surface area contributed by atoms with Crippen LogP contribution in [0.5, 0.6) is 0 Å². The molecule has 1 saturated heterocycles. The molecule has 1 fully saturated rings. The van der Waals surface area contributed by atoms with E-state index in [2.05, 4.69) is 5.32 Å². The second-order valence-corrected chi connectivity index (χ2v) is 7.45. The van der Waals surface area contributed by atoms with Gasteiger partial charge < -0.3 is 21.1 Å². The Bertz CT molecular complexity index is 465. The van der Waals surface area contributed by atoms with Gasteiger partial charge in [0.15, 0.2) is 0 Å². The first-order chi connectivity index (χ1) is 11.1. The lowest BCUT2D eigenvalue weighted by molar-refractivity contribution is -0.149. The van der Waals surface area contributed by atoms with Crippen LogP contribution >= 0.6 is 0 Å². The molecule has 7 nitrogen and oxygen atoms in total. The van der Waals surface area contributed by atoms with Crippen LogP contribution in [0.4, 0.5) is 0 Å². The van der Waals surface area contributed by atoms with Gasteiger partial charge in [-0.15, -0.1) is 0 Å². The summed E-state index contributed by atoms with van der Waals surface area (Å²) in [5.41, 5.74) is 5.90. The standard InChI is InChI=1S/C17H31N3O4/c1-10(2)8-12(18)15(21)19-13(9-11(3)4)16(22)20-7-5-6-14(20)17(23)24/h10-14H,5-9,18H2,1-4H3,(H,19,21)(H,23,24)/t12-,13-,14-/m0/s1. The van der Waals surface area contributed by atoms with Crippen LogP contribution in [0.15, 0.2) is 0 Å². The van der Waals surface area contributed by atoms with Gasteiger partial charge in [0.25, 0.3) is 0 Å². The van der Waals surface area contributed by atoms with E-state index in [0.717, 1.165) is 0 Å². The van der Waals surface area contributed by atoms with Gasteiger partial charge in [0, 0.05) is 6.54 Å². The summed E-state index contributed by atoms with van der Waals surface area (Å²) in [6.07, 6.45) is 2.12. The fraction of sp³-hybridized carbons (Fsp3) is 0.824. The molecule has 1 heterocycles. The van der Waals surface area contributed by atoms with Crippen molar-refractivity contribution in [3.05, 3.63) is 0 Å². The first kappa shape index (κ1) is 20.4. The van der Waals surface area contributed by atoms with Gasteiger partial charge in [-0.25, -0.2) is 4.79 Å². The summed E-state index contributed by atoms with van der Waals surface area (Å²) >= 11 is 0. The molecule has 0 radical (unpaired) electrons. The summed E-state index contributed by atoms with van der Waals surface area (Å²) in [5, 5.41) is 12.0. The lowest BCUT2D eigenvalue weighted by atomic mass is 10.00. The number of amides is 2. The predicted octanol–water partition coefficient (Wildman–Crippen LogP) is 0.966. The molecule has 0 saturated carbocycles. The Kier molecular flexibility index (Phi) is 7.66.